The molecular formula is C18H19N3O5S2. The van der Waals surface area contributed by atoms with Crippen molar-refractivity contribution in [2.45, 2.75) is 18.7 Å². The van der Waals surface area contributed by atoms with Crippen molar-refractivity contribution < 1.29 is 22.7 Å². The molecule has 0 aliphatic heterocycles. The van der Waals surface area contributed by atoms with Crippen molar-refractivity contribution in [3.63, 3.8) is 0 Å². The zero-order valence-electron chi connectivity index (χ0n) is 15.8. The number of carbonyl (C=O) groups is 2. The van der Waals surface area contributed by atoms with Crippen LogP contribution in [-0.2, 0) is 14.8 Å². The molecule has 0 spiro atoms. The number of hydrogen-bond acceptors (Lipinski definition) is 7. The molecule has 1 aromatic heterocycles. The molecule has 28 heavy (non-hydrogen) atoms. The summed E-state index contributed by atoms with van der Waals surface area (Å²) < 4.78 is 30.2. The first kappa shape index (κ1) is 21.6. The highest BCUT2D eigenvalue weighted by atomic mass is 32.2. The van der Waals surface area contributed by atoms with Gasteiger partial charge >= 0.3 is 5.97 Å². The molecule has 2 aromatic rings. The Hall–Kier alpha value is -2.74. The fraction of sp³-hybridized carbons (Fsp3) is 0.278. The van der Waals surface area contributed by atoms with Crippen molar-refractivity contribution >= 4 is 38.2 Å². The maximum atomic E-state index is 12.5. The first-order valence-corrected chi connectivity index (χ1v) is 10.4. The maximum absolute atomic E-state index is 12.5. The Morgan fingerprint density at radius 3 is 2.36 bits per heavy atom. The van der Waals surface area contributed by atoms with E-state index in [1.54, 1.807) is 13.8 Å². The summed E-state index contributed by atoms with van der Waals surface area (Å²) in [5.41, 5.74) is 0.840. The Bertz CT molecular complexity index is 1050. The molecule has 0 saturated heterocycles. The van der Waals surface area contributed by atoms with Gasteiger partial charge in [0.05, 0.1) is 17.1 Å². The molecule has 0 saturated carbocycles. The van der Waals surface area contributed by atoms with E-state index in [1.807, 2.05) is 6.07 Å². The number of nitrogens with zero attached hydrogens (tertiary/aromatic N) is 2. The number of thiophene rings is 1. The first-order valence-electron chi connectivity index (χ1n) is 8.18. The Kier molecular flexibility index (Phi) is 6.56. The lowest BCUT2D eigenvalue weighted by Crippen LogP contribution is -2.22. The van der Waals surface area contributed by atoms with Gasteiger partial charge in [-0.3, -0.25) is 4.79 Å². The van der Waals surface area contributed by atoms with Crippen LogP contribution >= 0.6 is 11.3 Å². The van der Waals surface area contributed by atoms with Gasteiger partial charge < -0.3 is 10.1 Å². The van der Waals surface area contributed by atoms with Gasteiger partial charge in [-0.2, -0.15) is 5.26 Å². The fourth-order valence-corrected chi connectivity index (χ4v) is 4.24. The van der Waals surface area contributed by atoms with Crippen LogP contribution in [0.5, 0.6) is 0 Å². The summed E-state index contributed by atoms with van der Waals surface area (Å²) in [4.78, 5) is 24.8. The fourth-order valence-electron chi connectivity index (χ4n) is 2.29. The van der Waals surface area contributed by atoms with Crippen LogP contribution in [0, 0.1) is 18.3 Å². The van der Waals surface area contributed by atoms with Crippen LogP contribution in [0.15, 0.2) is 29.2 Å². The van der Waals surface area contributed by atoms with E-state index in [1.165, 1.54) is 38.4 Å². The summed E-state index contributed by atoms with van der Waals surface area (Å²) in [6, 6.07) is 7.41. The lowest BCUT2D eigenvalue weighted by Gasteiger charge is -2.11. The molecule has 0 fully saturated rings. The van der Waals surface area contributed by atoms with E-state index in [0.717, 1.165) is 15.6 Å². The number of amides is 1. The predicted octanol–water partition coefficient (Wildman–Crippen LogP) is 2.61. The average Bonchev–Trinajstić information content (AvgIpc) is 2.97. The standard InChI is InChI=1S/C18H19N3O5S2/c1-5-26-18(23)15-11(2)14(10-19)17(27-15)20-16(22)12-6-8-13(9-7-12)28(24,25)21(3)4/h6-9H,5H2,1-4H3,(H,20,22). The minimum Gasteiger partial charge on any atom is -0.462 e. The second kappa shape index (κ2) is 8.52. The number of sulfonamides is 1. The maximum Gasteiger partial charge on any atom is 0.348 e. The number of hydrogen-bond donors (Lipinski definition) is 1. The molecule has 0 bridgehead atoms. The van der Waals surface area contributed by atoms with Gasteiger partial charge in [0.25, 0.3) is 5.91 Å². The number of nitriles is 1. The molecule has 1 heterocycles. The quantitative estimate of drug-likeness (QED) is 0.717. The largest absolute Gasteiger partial charge is 0.462 e. The van der Waals surface area contributed by atoms with E-state index < -0.39 is 21.9 Å². The molecule has 0 aliphatic carbocycles. The highest BCUT2D eigenvalue weighted by Gasteiger charge is 2.23. The zero-order valence-corrected chi connectivity index (χ0v) is 17.4. The Morgan fingerprint density at radius 1 is 1.25 bits per heavy atom. The van der Waals surface area contributed by atoms with Crippen LogP contribution in [0.25, 0.3) is 0 Å². The van der Waals surface area contributed by atoms with Gasteiger partial charge in [0.15, 0.2) is 0 Å². The molecule has 0 radical (unpaired) electrons. The van der Waals surface area contributed by atoms with Crippen LogP contribution in [0.3, 0.4) is 0 Å². The van der Waals surface area contributed by atoms with Gasteiger partial charge in [0.2, 0.25) is 10.0 Å². The summed E-state index contributed by atoms with van der Waals surface area (Å²) in [5, 5.41) is 12.2. The first-order chi connectivity index (χ1) is 13.1. The lowest BCUT2D eigenvalue weighted by atomic mass is 10.1. The van der Waals surface area contributed by atoms with Crippen molar-refractivity contribution in [3.05, 3.63) is 45.8 Å². The second-order valence-corrected chi connectivity index (χ2v) is 9.03. The van der Waals surface area contributed by atoms with Crippen molar-refractivity contribution in [1.82, 2.24) is 4.31 Å². The van der Waals surface area contributed by atoms with Crippen molar-refractivity contribution in [1.29, 1.82) is 5.26 Å². The topological polar surface area (TPSA) is 117 Å². The molecule has 1 N–H and O–H groups in total. The molecular weight excluding hydrogens is 402 g/mol. The average molecular weight is 422 g/mol. The molecule has 8 nitrogen and oxygen atoms in total. The summed E-state index contributed by atoms with van der Waals surface area (Å²) in [7, 11) is -0.764. The summed E-state index contributed by atoms with van der Waals surface area (Å²) >= 11 is 0.962. The van der Waals surface area contributed by atoms with Gasteiger partial charge in [-0.05, 0) is 43.7 Å². The number of rotatable bonds is 6. The SMILES string of the molecule is CCOC(=O)c1sc(NC(=O)c2ccc(S(=O)(=O)N(C)C)cc2)c(C#N)c1C. The smallest absolute Gasteiger partial charge is 0.348 e. The van der Waals surface area contributed by atoms with Gasteiger partial charge in [0.1, 0.15) is 15.9 Å². The third-order valence-corrected chi connectivity index (χ3v) is 6.86. The lowest BCUT2D eigenvalue weighted by molar-refractivity contribution is 0.0531. The van der Waals surface area contributed by atoms with E-state index in [0.29, 0.717) is 5.56 Å². The molecule has 0 unspecified atom stereocenters. The number of nitrogens with one attached hydrogen (secondary N) is 1. The summed E-state index contributed by atoms with van der Waals surface area (Å²) in [5.74, 6) is -1.08. The van der Waals surface area contributed by atoms with Gasteiger partial charge in [-0.25, -0.2) is 17.5 Å². The van der Waals surface area contributed by atoms with E-state index in [9.17, 15) is 23.3 Å². The number of esters is 1. The van der Waals surface area contributed by atoms with E-state index >= 15 is 0 Å². The molecule has 1 amide bonds. The van der Waals surface area contributed by atoms with Crippen molar-refractivity contribution in [2.75, 3.05) is 26.0 Å². The molecule has 0 aliphatic rings. The highest BCUT2D eigenvalue weighted by Crippen LogP contribution is 2.33. The molecule has 2 rings (SSSR count). The molecule has 1 aromatic carbocycles. The van der Waals surface area contributed by atoms with Crippen LogP contribution < -0.4 is 5.32 Å². The summed E-state index contributed by atoms with van der Waals surface area (Å²) in [6.07, 6.45) is 0. The minimum absolute atomic E-state index is 0.0586. The predicted molar refractivity (Wildman–Crippen MR) is 105 cm³/mol. The number of benzene rings is 1. The molecule has 0 atom stereocenters. The minimum atomic E-state index is -3.60. The number of ether oxygens (including phenoxy) is 1. The molecule has 10 heteroatoms. The van der Waals surface area contributed by atoms with E-state index in [-0.39, 0.29) is 32.5 Å². The van der Waals surface area contributed by atoms with Crippen LogP contribution in [-0.4, -0.2) is 45.3 Å². The van der Waals surface area contributed by atoms with Crippen LogP contribution in [0.2, 0.25) is 0 Å². The van der Waals surface area contributed by atoms with Crippen LogP contribution in [0.1, 0.15) is 38.1 Å². The van der Waals surface area contributed by atoms with E-state index in [4.69, 9.17) is 4.74 Å². The second-order valence-electron chi connectivity index (χ2n) is 5.86. The normalized spacial score (nSPS) is 11.1. The Balaban J connectivity index is 2.29. The third kappa shape index (κ3) is 4.22. The number of carbonyl (C=O) groups excluding carboxylic acids is 2. The Labute approximate surface area is 167 Å². The van der Waals surface area contributed by atoms with Crippen molar-refractivity contribution in [3.8, 4) is 6.07 Å². The molecule has 148 valence electrons. The third-order valence-electron chi connectivity index (χ3n) is 3.84. The Morgan fingerprint density at radius 2 is 1.86 bits per heavy atom. The van der Waals surface area contributed by atoms with E-state index in [2.05, 4.69) is 5.32 Å². The van der Waals surface area contributed by atoms with Crippen LogP contribution in [0.4, 0.5) is 5.00 Å². The van der Waals surface area contributed by atoms with Gasteiger partial charge in [-0.1, -0.05) is 0 Å². The zero-order chi connectivity index (χ0) is 21.1. The summed E-state index contributed by atoms with van der Waals surface area (Å²) in [6.45, 7) is 3.48. The van der Waals surface area contributed by atoms with Gasteiger partial charge in [-0.15, -0.1) is 11.3 Å². The van der Waals surface area contributed by atoms with Crippen molar-refractivity contribution in [2.24, 2.45) is 0 Å². The monoisotopic (exact) mass is 421 g/mol. The number of anilines is 1. The highest BCUT2D eigenvalue weighted by molar-refractivity contribution is 7.89. The van der Waals surface area contributed by atoms with Gasteiger partial charge in [0, 0.05) is 19.7 Å².